The van der Waals surface area contributed by atoms with Crippen molar-refractivity contribution >= 4 is 0 Å². The first-order valence-electron chi connectivity index (χ1n) is 9.09. The van der Waals surface area contributed by atoms with Gasteiger partial charge >= 0.3 is 0 Å². The van der Waals surface area contributed by atoms with Gasteiger partial charge in [-0.05, 0) is 49.9 Å². The van der Waals surface area contributed by atoms with Crippen molar-refractivity contribution in [2.75, 3.05) is 13.3 Å². The predicted octanol–water partition coefficient (Wildman–Crippen LogP) is 4.29. The molecule has 4 heteroatoms. The van der Waals surface area contributed by atoms with Gasteiger partial charge in [0.25, 0.3) is 0 Å². The Morgan fingerprint density at radius 1 is 1.16 bits per heavy atom. The summed E-state index contributed by atoms with van der Waals surface area (Å²) in [7, 11) is 0. The van der Waals surface area contributed by atoms with E-state index in [-0.39, 0.29) is 12.6 Å². The maximum absolute atomic E-state index is 14.0. The van der Waals surface area contributed by atoms with Crippen LogP contribution in [0, 0.1) is 5.82 Å². The third-order valence-electron chi connectivity index (χ3n) is 5.23. The fourth-order valence-corrected chi connectivity index (χ4v) is 4.00. The molecule has 2 aliphatic rings. The number of benzene rings is 2. The van der Waals surface area contributed by atoms with E-state index in [0.29, 0.717) is 12.6 Å². The van der Waals surface area contributed by atoms with Crippen LogP contribution in [0.3, 0.4) is 0 Å². The molecule has 1 fully saturated rings. The lowest BCUT2D eigenvalue weighted by Gasteiger charge is -2.27. The Bertz CT molecular complexity index is 719. The van der Waals surface area contributed by atoms with Crippen LogP contribution in [0.5, 0.6) is 5.75 Å². The van der Waals surface area contributed by atoms with E-state index in [2.05, 4.69) is 35.2 Å². The van der Waals surface area contributed by atoms with Crippen LogP contribution in [-0.4, -0.2) is 24.3 Å². The third kappa shape index (κ3) is 3.86. The Morgan fingerprint density at radius 2 is 2.04 bits per heavy atom. The fraction of sp³-hybridized carbons (Fsp3) is 0.429. The second-order valence-electron chi connectivity index (χ2n) is 6.95. The van der Waals surface area contributed by atoms with Gasteiger partial charge in [-0.25, -0.2) is 4.39 Å². The summed E-state index contributed by atoms with van der Waals surface area (Å²) in [4.78, 5) is 2.48. The first-order valence-corrected chi connectivity index (χ1v) is 9.09. The van der Waals surface area contributed by atoms with E-state index in [1.54, 1.807) is 6.07 Å². The minimum absolute atomic E-state index is 0.206. The molecule has 1 saturated heterocycles. The Labute approximate surface area is 148 Å². The number of nitrogens with zero attached hydrogens (tertiary/aromatic N) is 1. The van der Waals surface area contributed by atoms with E-state index in [4.69, 9.17) is 9.47 Å². The summed E-state index contributed by atoms with van der Waals surface area (Å²) < 4.78 is 24.9. The van der Waals surface area contributed by atoms with Gasteiger partial charge in [0, 0.05) is 23.7 Å². The molecule has 0 radical (unpaired) electrons. The predicted molar refractivity (Wildman–Crippen MR) is 94.9 cm³/mol. The molecule has 2 aromatic carbocycles. The molecule has 2 aromatic rings. The Morgan fingerprint density at radius 3 is 2.92 bits per heavy atom. The first-order chi connectivity index (χ1) is 12.3. The van der Waals surface area contributed by atoms with Crippen LogP contribution < -0.4 is 4.74 Å². The molecule has 132 valence electrons. The van der Waals surface area contributed by atoms with Gasteiger partial charge in [0.15, 0.2) is 6.79 Å². The normalized spacial score (nSPS) is 20.3. The highest BCUT2D eigenvalue weighted by Gasteiger charge is 2.26. The van der Waals surface area contributed by atoms with Crippen molar-refractivity contribution in [3.05, 3.63) is 65.0 Å². The number of likely N-dealkylation sites (tertiary alicyclic amines) is 1. The molecule has 0 bridgehead atoms. The second-order valence-corrected chi connectivity index (χ2v) is 6.95. The number of hydrogen-bond acceptors (Lipinski definition) is 3. The molecule has 0 aromatic heterocycles. The van der Waals surface area contributed by atoms with Gasteiger partial charge < -0.3 is 9.47 Å². The van der Waals surface area contributed by atoms with E-state index in [0.717, 1.165) is 42.8 Å². The van der Waals surface area contributed by atoms with Crippen LogP contribution in [-0.2, 0) is 24.3 Å². The number of hydrogen-bond donors (Lipinski definition) is 0. The molecule has 2 heterocycles. The summed E-state index contributed by atoms with van der Waals surface area (Å²) in [5.41, 5.74) is 3.16. The molecule has 1 unspecified atom stereocenters. The molecule has 25 heavy (non-hydrogen) atoms. The Kier molecular flexibility index (Phi) is 4.99. The van der Waals surface area contributed by atoms with Crippen LogP contribution in [0.2, 0.25) is 0 Å². The summed E-state index contributed by atoms with van der Waals surface area (Å²) in [6.07, 6.45) is 4.66. The first kappa shape index (κ1) is 16.6. The summed E-state index contributed by atoms with van der Waals surface area (Å²) in [5, 5.41) is 0. The zero-order valence-corrected chi connectivity index (χ0v) is 14.4. The maximum Gasteiger partial charge on any atom is 0.189 e. The fourth-order valence-electron chi connectivity index (χ4n) is 4.00. The lowest BCUT2D eigenvalue weighted by Crippen LogP contribution is -2.30. The highest BCUT2D eigenvalue weighted by atomic mass is 19.1. The van der Waals surface area contributed by atoms with Crippen molar-refractivity contribution in [1.82, 2.24) is 4.90 Å². The van der Waals surface area contributed by atoms with Gasteiger partial charge in [0.1, 0.15) is 11.6 Å². The highest BCUT2D eigenvalue weighted by Crippen LogP contribution is 2.32. The van der Waals surface area contributed by atoms with E-state index in [1.807, 2.05) is 0 Å². The molecule has 0 amide bonds. The molecule has 0 saturated carbocycles. The molecule has 1 atom stereocenters. The monoisotopic (exact) mass is 341 g/mol. The second kappa shape index (κ2) is 7.54. The third-order valence-corrected chi connectivity index (χ3v) is 5.23. The molecular weight excluding hydrogens is 317 g/mol. The smallest absolute Gasteiger partial charge is 0.189 e. The molecule has 0 aliphatic carbocycles. The quantitative estimate of drug-likeness (QED) is 0.810. The number of fused-ring (bicyclic) bond motifs is 1. The van der Waals surface area contributed by atoms with Gasteiger partial charge in [0.2, 0.25) is 0 Å². The van der Waals surface area contributed by atoms with Crippen molar-refractivity contribution in [1.29, 1.82) is 0 Å². The van der Waals surface area contributed by atoms with E-state index < -0.39 is 0 Å². The topological polar surface area (TPSA) is 21.7 Å². The lowest BCUT2D eigenvalue weighted by atomic mass is 10.0. The van der Waals surface area contributed by atoms with Gasteiger partial charge in [-0.2, -0.15) is 0 Å². The molecular formula is C21H24FNO2. The van der Waals surface area contributed by atoms with Crippen molar-refractivity contribution in [2.45, 2.75) is 44.9 Å². The highest BCUT2D eigenvalue weighted by molar-refractivity contribution is 5.42. The van der Waals surface area contributed by atoms with Crippen molar-refractivity contribution in [3.8, 4) is 5.75 Å². The Balaban J connectivity index is 1.45. The van der Waals surface area contributed by atoms with Crippen molar-refractivity contribution < 1.29 is 13.9 Å². The minimum Gasteiger partial charge on any atom is -0.467 e. The largest absolute Gasteiger partial charge is 0.467 e. The SMILES string of the molecule is Fc1cc2c(c(CN3CCCC3CCc3ccccc3)c1)OCOC2. The summed E-state index contributed by atoms with van der Waals surface area (Å²) in [6.45, 7) is 2.50. The van der Waals surface area contributed by atoms with E-state index in [9.17, 15) is 4.39 Å². The molecule has 0 N–H and O–H groups in total. The average Bonchev–Trinajstić information content (AvgIpc) is 3.08. The molecule has 0 spiro atoms. The van der Waals surface area contributed by atoms with Crippen LogP contribution >= 0.6 is 0 Å². The molecule has 2 aliphatic heterocycles. The van der Waals surface area contributed by atoms with Crippen LogP contribution in [0.25, 0.3) is 0 Å². The standard InChI is InChI=1S/C21H24FNO2/c22-19-11-17(21-18(12-19)14-24-15-25-21)13-23-10-4-7-20(23)9-8-16-5-2-1-3-6-16/h1-3,5-6,11-12,20H,4,7-10,13-15H2. The van der Waals surface area contributed by atoms with Crippen LogP contribution in [0.15, 0.2) is 42.5 Å². The molecule has 4 rings (SSSR count). The lowest BCUT2D eigenvalue weighted by molar-refractivity contribution is -0.0177. The number of aryl methyl sites for hydroxylation is 1. The van der Waals surface area contributed by atoms with E-state index >= 15 is 0 Å². The summed E-state index contributed by atoms with van der Waals surface area (Å²) in [6, 6.07) is 14.3. The zero-order chi connectivity index (χ0) is 17.1. The number of ether oxygens (including phenoxy) is 2. The van der Waals surface area contributed by atoms with Crippen LogP contribution in [0.1, 0.15) is 36.0 Å². The van der Waals surface area contributed by atoms with Gasteiger partial charge in [-0.15, -0.1) is 0 Å². The summed E-state index contributed by atoms with van der Waals surface area (Å²) in [5.74, 6) is 0.615. The summed E-state index contributed by atoms with van der Waals surface area (Å²) >= 11 is 0. The van der Waals surface area contributed by atoms with Gasteiger partial charge in [0.05, 0.1) is 6.61 Å². The van der Waals surface area contributed by atoms with Gasteiger partial charge in [-0.1, -0.05) is 30.3 Å². The van der Waals surface area contributed by atoms with Gasteiger partial charge in [-0.3, -0.25) is 4.90 Å². The minimum atomic E-state index is -0.206. The Hall–Kier alpha value is -1.91. The van der Waals surface area contributed by atoms with Crippen LogP contribution in [0.4, 0.5) is 4.39 Å². The number of rotatable bonds is 5. The zero-order valence-electron chi connectivity index (χ0n) is 14.4. The van der Waals surface area contributed by atoms with Crippen molar-refractivity contribution in [2.24, 2.45) is 0 Å². The number of halogens is 1. The van der Waals surface area contributed by atoms with E-state index in [1.165, 1.54) is 24.5 Å². The molecule has 3 nitrogen and oxygen atoms in total. The van der Waals surface area contributed by atoms with Crippen molar-refractivity contribution in [3.63, 3.8) is 0 Å². The average molecular weight is 341 g/mol. The maximum atomic E-state index is 14.0.